The van der Waals surface area contributed by atoms with Crippen LogP contribution in [0.4, 0.5) is 0 Å². The highest BCUT2D eigenvalue weighted by atomic mass is 79.9. The van der Waals surface area contributed by atoms with E-state index in [4.69, 9.17) is 4.74 Å². The van der Waals surface area contributed by atoms with Gasteiger partial charge >= 0.3 is 5.97 Å². The lowest BCUT2D eigenvalue weighted by molar-refractivity contribution is -0.137. The molecule has 0 N–H and O–H groups in total. The molecule has 1 aliphatic rings. The fourth-order valence-corrected chi connectivity index (χ4v) is 3.94. The Kier molecular flexibility index (Phi) is 6.82. The van der Waals surface area contributed by atoms with Crippen LogP contribution in [-0.4, -0.2) is 18.3 Å². The van der Waals surface area contributed by atoms with Crippen molar-refractivity contribution in [2.45, 2.75) is 25.8 Å². The Balaban J connectivity index is 2.11. The van der Waals surface area contributed by atoms with E-state index in [1.807, 2.05) is 54.6 Å². The Hall–Kier alpha value is -3.22. The molecular formula is C24H20BrN3O2. The monoisotopic (exact) mass is 461 g/mol. The van der Waals surface area contributed by atoms with E-state index in [1.54, 1.807) is 6.92 Å². The van der Waals surface area contributed by atoms with Crippen LogP contribution < -0.4 is 0 Å². The number of ether oxygens (including phenoxy) is 1. The van der Waals surface area contributed by atoms with E-state index in [0.29, 0.717) is 24.3 Å². The predicted molar refractivity (Wildman–Crippen MR) is 117 cm³/mol. The van der Waals surface area contributed by atoms with Gasteiger partial charge in [-0.25, -0.2) is 4.79 Å². The van der Waals surface area contributed by atoms with Crippen LogP contribution in [0, 0.1) is 28.1 Å². The zero-order valence-corrected chi connectivity index (χ0v) is 18.1. The molecule has 1 aliphatic carbocycles. The summed E-state index contributed by atoms with van der Waals surface area (Å²) in [7, 11) is 0. The zero-order valence-electron chi connectivity index (χ0n) is 16.5. The fourth-order valence-electron chi connectivity index (χ4n) is 3.67. The Morgan fingerprint density at radius 3 is 2.47 bits per heavy atom. The molecule has 2 aromatic carbocycles. The topological polar surface area (TPSA) is 86.2 Å². The average Bonchev–Trinajstić information content (AvgIpc) is 3.07. The highest BCUT2D eigenvalue weighted by Crippen LogP contribution is 2.50. The van der Waals surface area contributed by atoms with Crippen molar-refractivity contribution in [3.05, 3.63) is 81.8 Å². The van der Waals surface area contributed by atoms with Crippen LogP contribution in [0.25, 0.3) is 0 Å². The second kappa shape index (κ2) is 9.52. The van der Waals surface area contributed by atoms with Gasteiger partial charge in [-0.2, -0.15) is 10.5 Å². The van der Waals surface area contributed by atoms with Crippen LogP contribution in [0.2, 0.25) is 0 Å². The number of hydrogen-bond acceptors (Lipinski definition) is 5. The lowest BCUT2D eigenvalue weighted by atomic mass is 9.75. The number of benzene rings is 2. The van der Waals surface area contributed by atoms with Crippen molar-refractivity contribution in [1.29, 1.82) is 10.5 Å². The van der Waals surface area contributed by atoms with Crippen molar-refractivity contribution < 1.29 is 9.53 Å². The maximum Gasteiger partial charge on any atom is 0.331 e. The first-order chi connectivity index (χ1) is 14.5. The van der Waals surface area contributed by atoms with Crippen molar-refractivity contribution in [1.82, 2.24) is 0 Å². The summed E-state index contributed by atoms with van der Waals surface area (Å²) in [6.07, 6.45) is 1.73. The van der Waals surface area contributed by atoms with Gasteiger partial charge < -0.3 is 4.74 Å². The molecule has 150 valence electrons. The second-order valence-electron chi connectivity index (χ2n) is 6.91. The van der Waals surface area contributed by atoms with Gasteiger partial charge in [0.2, 0.25) is 0 Å². The molecule has 3 rings (SSSR count). The minimum absolute atomic E-state index is 0.247. The normalized spacial score (nSPS) is 19.9. The second-order valence-corrected chi connectivity index (χ2v) is 7.83. The third-order valence-corrected chi connectivity index (χ3v) is 5.62. The molecule has 0 amide bonds. The van der Waals surface area contributed by atoms with Crippen molar-refractivity contribution in [3.8, 4) is 12.1 Å². The van der Waals surface area contributed by atoms with Gasteiger partial charge in [0.25, 0.3) is 0 Å². The Morgan fingerprint density at radius 2 is 1.87 bits per heavy atom. The first kappa shape index (κ1) is 21.5. The van der Waals surface area contributed by atoms with Crippen LogP contribution in [-0.2, 0) is 16.1 Å². The van der Waals surface area contributed by atoms with Crippen molar-refractivity contribution >= 4 is 27.6 Å². The van der Waals surface area contributed by atoms with E-state index in [-0.39, 0.29) is 6.61 Å². The van der Waals surface area contributed by atoms with Crippen LogP contribution >= 0.6 is 15.9 Å². The molecule has 2 aromatic rings. The third-order valence-electron chi connectivity index (χ3n) is 5.09. The molecular weight excluding hydrogens is 442 g/mol. The summed E-state index contributed by atoms with van der Waals surface area (Å²) in [5.41, 5.74) is 1.23. The highest BCUT2D eigenvalue weighted by Gasteiger charge is 2.52. The van der Waals surface area contributed by atoms with Gasteiger partial charge in [-0.3, -0.25) is 4.99 Å². The quantitative estimate of drug-likeness (QED) is 0.457. The zero-order chi connectivity index (χ0) is 21.6. The minimum Gasteiger partial charge on any atom is -0.463 e. The molecule has 0 saturated heterocycles. The number of allylic oxidation sites excluding steroid dienone is 1. The summed E-state index contributed by atoms with van der Waals surface area (Å²) < 4.78 is 5.97. The molecule has 5 nitrogen and oxygen atoms in total. The molecule has 0 spiro atoms. The number of esters is 1. The fraction of sp³-hybridized carbons (Fsp3) is 0.250. The summed E-state index contributed by atoms with van der Waals surface area (Å²) in [5, 5.41) is 20.2. The summed E-state index contributed by atoms with van der Waals surface area (Å²) in [6.45, 7) is 2.29. The number of carbonyl (C=O) groups is 1. The average molecular weight is 462 g/mol. The van der Waals surface area contributed by atoms with E-state index >= 15 is 0 Å². The molecule has 0 heterocycles. The summed E-state index contributed by atoms with van der Waals surface area (Å²) in [6, 6.07) is 21.6. The van der Waals surface area contributed by atoms with Gasteiger partial charge in [-0.05, 0) is 42.2 Å². The first-order valence-electron chi connectivity index (χ1n) is 9.58. The maximum atomic E-state index is 12.2. The van der Waals surface area contributed by atoms with E-state index in [1.165, 1.54) is 6.08 Å². The van der Waals surface area contributed by atoms with E-state index in [2.05, 4.69) is 33.1 Å². The molecule has 6 heteroatoms. The van der Waals surface area contributed by atoms with Gasteiger partial charge in [-0.1, -0.05) is 58.4 Å². The number of halogens is 1. The van der Waals surface area contributed by atoms with Crippen LogP contribution in [0.1, 0.15) is 30.4 Å². The number of hydrogen-bond donors (Lipinski definition) is 0. The van der Waals surface area contributed by atoms with Crippen LogP contribution in [0.3, 0.4) is 0 Å². The Labute approximate surface area is 184 Å². The maximum absolute atomic E-state index is 12.2. The first-order valence-corrected chi connectivity index (χ1v) is 10.4. The minimum atomic E-state index is -1.49. The van der Waals surface area contributed by atoms with E-state index in [0.717, 1.165) is 15.6 Å². The van der Waals surface area contributed by atoms with Crippen molar-refractivity contribution in [3.63, 3.8) is 0 Å². The standard InChI is InChI=1S/C24H20BrN3O2/c1-2-30-22(29)13-19-12-21(18-8-10-20(25)11-9-18)24(15-26,16-27)23(19)28-14-17-6-4-3-5-7-17/h3-11,13,21H,2,12,14H2,1H3/b19-13+,28-23?. The summed E-state index contributed by atoms with van der Waals surface area (Å²) in [5.74, 6) is -0.933. The van der Waals surface area contributed by atoms with Gasteiger partial charge in [0.1, 0.15) is 0 Å². The molecule has 0 bridgehead atoms. The molecule has 1 atom stereocenters. The largest absolute Gasteiger partial charge is 0.463 e. The highest BCUT2D eigenvalue weighted by molar-refractivity contribution is 9.10. The van der Waals surface area contributed by atoms with E-state index in [9.17, 15) is 15.3 Å². The Bertz CT molecular complexity index is 1050. The summed E-state index contributed by atoms with van der Waals surface area (Å²) in [4.78, 5) is 16.8. The molecule has 0 aromatic heterocycles. The molecule has 0 radical (unpaired) electrons. The number of nitrogens with zero attached hydrogens (tertiary/aromatic N) is 3. The Morgan fingerprint density at radius 1 is 1.20 bits per heavy atom. The van der Waals surface area contributed by atoms with Crippen LogP contribution in [0.5, 0.6) is 0 Å². The lowest BCUT2D eigenvalue weighted by Gasteiger charge is -2.22. The molecule has 1 fully saturated rings. The van der Waals surface area contributed by atoms with Gasteiger partial charge in [-0.15, -0.1) is 0 Å². The number of rotatable bonds is 5. The predicted octanol–water partition coefficient (Wildman–Crippen LogP) is 5.10. The van der Waals surface area contributed by atoms with Crippen molar-refractivity contribution in [2.75, 3.05) is 6.61 Å². The number of carbonyl (C=O) groups excluding carboxylic acids is 1. The van der Waals surface area contributed by atoms with E-state index < -0.39 is 17.3 Å². The van der Waals surface area contributed by atoms with Crippen molar-refractivity contribution in [2.24, 2.45) is 10.4 Å². The van der Waals surface area contributed by atoms with Gasteiger partial charge in [0.15, 0.2) is 5.41 Å². The third kappa shape index (κ3) is 4.35. The number of aliphatic imine (C=N–C) groups is 1. The van der Waals surface area contributed by atoms with Crippen LogP contribution in [0.15, 0.2) is 75.7 Å². The lowest BCUT2D eigenvalue weighted by Crippen LogP contribution is -2.28. The molecule has 1 saturated carbocycles. The SMILES string of the molecule is CCOC(=O)/C=C1\CC(c2ccc(Br)cc2)C(C#N)(C#N)C1=NCc1ccccc1. The van der Waals surface area contributed by atoms with Gasteiger partial charge in [0, 0.05) is 16.5 Å². The molecule has 30 heavy (non-hydrogen) atoms. The smallest absolute Gasteiger partial charge is 0.331 e. The molecule has 1 unspecified atom stereocenters. The number of nitriles is 2. The molecule has 0 aliphatic heterocycles. The summed E-state index contributed by atoms with van der Waals surface area (Å²) >= 11 is 3.41. The van der Waals surface area contributed by atoms with Gasteiger partial charge in [0.05, 0.1) is 31.0 Å².